The van der Waals surface area contributed by atoms with Crippen LogP contribution in [0.2, 0.25) is 0 Å². The fourth-order valence-electron chi connectivity index (χ4n) is 1.04. The van der Waals surface area contributed by atoms with Crippen LogP contribution >= 0.6 is 15.9 Å². The SMILES string of the molecule is COC(=O)C(C)OCc1ccc(Br)cc1. The van der Waals surface area contributed by atoms with Crippen LogP contribution in [-0.4, -0.2) is 19.2 Å². The van der Waals surface area contributed by atoms with E-state index in [0.29, 0.717) is 6.61 Å². The predicted octanol–water partition coefficient (Wildman–Crippen LogP) is 2.53. The first-order valence-corrected chi connectivity index (χ1v) is 5.36. The Morgan fingerprint density at radius 1 is 1.40 bits per heavy atom. The Balaban J connectivity index is 2.43. The molecule has 0 aliphatic rings. The summed E-state index contributed by atoms with van der Waals surface area (Å²) in [6.45, 7) is 2.08. The molecule has 1 atom stereocenters. The topological polar surface area (TPSA) is 35.5 Å². The average molecular weight is 273 g/mol. The van der Waals surface area contributed by atoms with Crippen LogP contribution in [0.15, 0.2) is 28.7 Å². The summed E-state index contributed by atoms with van der Waals surface area (Å²) in [5, 5.41) is 0. The molecule has 3 nitrogen and oxygen atoms in total. The monoisotopic (exact) mass is 272 g/mol. The van der Waals surface area contributed by atoms with Gasteiger partial charge in [-0.05, 0) is 24.6 Å². The van der Waals surface area contributed by atoms with Gasteiger partial charge in [0.1, 0.15) is 0 Å². The molecule has 0 saturated carbocycles. The highest BCUT2D eigenvalue weighted by Crippen LogP contribution is 2.11. The molecule has 82 valence electrons. The van der Waals surface area contributed by atoms with E-state index >= 15 is 0 Å². The summed E-state index contributed by atoms with van der Waals surface area (Å²) >= 11 is 3.34. The normalized spacial score (nSPS) is 12.2. The van der Waals surface area contributed by atoms with Crippen molar-refractivity contribution >= 4 is 21.9 Å². The van der Waals surface area contributed by atoms with Crippen molar-refractivity contribution in [3.05, 3.63) is 34.3 Å². The summed E-state index contributed by atoms with van der Waals surface area (Å²) in [7, 11) is 1.35. The minimum Gasteiger partial charge on any atom is -0.467 e. The molecule has 0 aromatic heterocycles. The summed E-state index contributed by atoms with van der Waals surface area (Å²) in [6, 6.07) is 7.74. The predicted molar refractivity (Wildman–Crippen MR) is 60.4 cm³/mol. The number of esters is 1. The van der Waals surface area contributed by atoms with E-state index in [0.717, 1.165) is 10.0 Å². The number of methoxy groups -OCH3 is 1. The van der Waals surface area contributed by atoms with Crippen molar-refractivity contribution < 1.29 is 14.3 Å². The molecule has 0 aliphatic heterocycles. The van der Waals surface area contributed by atoms with Gasteiger partial charge in [0.15, 0.2) is 6.10 Å². The van der Waals surface area contributed by atoms with Gasteiger partial charge in [-0.1, -0.05) is 28.1 Å². The molecule has 15 heavy (non-hydrogen) atoms. The molecular formula is C11H13BrO3. The second-order valence-electron chi connectivity index (χ2n) is 3.10. The number of hydrogen-bond donors (Lipinski definition) is 0. The molecule has 0 amide bonds. The van der Waals surface area contributed by atoms with Gasteiger partial charge < -0.3 is 9.47 Å². The Kier molecular flexibility index (Phi) is 4.78. The van der Waals surface area contributed by atoms with Crippen LogP contribution in [0.25, 0.3) is 0 Å². The molecule has 1 unspecified atom stereocenters. The molecule has 0 aliphatic carbocycles. The van der Waals surface area contributed by atoms with Crippen molar-refractivity contribution in [2.24, 2.45) is 0 Å². The van der Waals surface area contributed by atoms with E-state index in [4.69, 9.17) is 4.74 Å². The lowest BCUT2D eigenvalue weighted by molar-refractivity contribution is -0.153. The van der Waals surface area contributed by atoms with Crippen LogP contribution in [0.3, 0.4) is 0 Å². The molecule has 0 N–H and O–H groups in total. The minimum atomic E-state index is -0.529. The van der Waals surface area contributed by atoms with Crippen LogP contribution in [0, 0.1) is 0 Å². The summed E-state index contributed by atoms with van der Waals surface area (Å²) < 4.78 is 10.9. The highest BCUT2D eigenvalue weighted by atomic mass is 79.9. The van der Waals surface area contributed by atoms with Gasteiger partial charge in [-0.25, -0.2) is 4.79 Å². The summed E-state index contributed by atoms with van der Waals surface area (Å²) in [5.41, 5.74) is 1.02. The second-order valence-corrected chi connectivity index (χ2v) is 4.02. The first kappa shape index (κ1) is 12.2. The van der Waals surface area contributed by atoms with Crippen LogP contribution in [0.5, 0.6) is 0 Å². The molecular weight excluding hydrogens is 260 g/mol. The molecule has 0 spiro atoms. The highest BCUT2D eigenvalue weighted by molar-refractivity contribution is 9.10. The van der Waals surface area contributed by atoms with Crippen molar-refractivity contribution in [2.45, 2.75) is 19.6 Å². The Morgan fingerprint density at radius 3 is 2.53 bits per heavy atom. The number of ether oxygens (including phenoxy) is 2. The molecule has 0 fully saturated rings. The fourth-order valence-corrected chi connectivity index (χ4v) is 1.30. The average Bonchev–Trinajstić information content (AvgIpc) is 2.26. The van der Waals surface area contributed by atoms with Crippen LogP contribution < -0.4 is 0 Å². The third-order valence-electron chi connectivity index (χ3n) is 1.95. The largest absolute Gasteiger partial charge is 0.467 e. The van der Waals surface area contributed by atoms with Crippen molar-refractivity contribution in [3.8, 4) is 0 Å². The van der Waals surface area contributed by atoms with Gasteiger partial charge in [-0.15, -0.1) is 0 Å². The maximum atomic E-state index is 11.0. The van der Waals surface area contributed by atoms with Crippen LogP contribution in [-0.2, 0) is 20.9 Å². The highest BCUT2D eigenvalue weighted by Gasteiger charge is 2.12. The van der Waals surface area contributed by atoms with Crippen molar-refractivity contribution in [3.63, 3.8) is 0 Å². The van der Waals surface area contributed by atoms with E-state index in [9.17, 15) is 4.79 Å². The smallest absolute Gasteiger partial charge is 0.334 e. The molecule has 0 bridgehead atoms. The van der Waals surface area contributed by atoms with Gasteiger partial charge in [-0.2, -0.15) is 0 Å². The first-order valence-electron chi connectivity index (χ1n) is 4.57. The first-order chi connectivity index (χ1) is 7.13. The molecule has 1 aromatic carbocycles. The molecule has 0 heterocycles. The lowest BCUT2D eigenvalue weighted by atomic mass is 10.2. The number of carbonyl (C=O) groups is 1. The van der Waals surface area contributed by atoms with Gasteiger partial charge >= 0.3 is 5.97 Å². The lowest BCUT2D eigenvalue weighted by Crippen LogP contribution is -2.21. The number of rotatable bonds is 4. The van der Waals surface area contributed by atoms with Gasteiger partial charge in [-0.3, -0.25) is 0 Å². The number of hydrogen-bond acceptors (Lipinski definition) is 3. The second kappa shape index (κ2) is 5.88. The fraction of sp³-hybridized carbons (Fsp3) is 0.364. The summed E-state index contributed by atoms with van der Waals surface area (Å²) in [4.78, 5) is 11.0. The van der Waals surface area contributed by atoms with Gasteiger partial charge in [0.25, 0.3) is 0 Å². The van der Waals surface area contributed by atoms with Crippen LogP contribution in [0.4, 0.5) is 0 Å². The molecule has 0 radical (unpaired) electrons. The third-order valence-corrected chi connectivity index (χ3v) is 2.48. The van der Waals surface area contributed by atoms with E-state index < -0.39 is 6.10 Å². The molecule has 1 rings (SSSR count). The zero-order valence-electron chi connectivity index (χ0n) is 8.70. The number of halogens is 1. The summed E-state index contributed by atoms with van der Waals surface area (Å²) in [6.07, 6.45) is -0.529. The van der Waals surface area contributed by atoms with E-state index in [1.807, 2.05) is 24.3 Å². The third kappa shape index (κ3) is 4.01. The number of carbonyl (C=O) groups excluding carboxylic acids is 1. The van der Waals surface area contributed by atoms with E-state index in [-0.39, 0.29) is 5.97 Å². The van der Waals surface area contributed by atoms with E-state index in [2.05, 4.69) is 20.7 Å². The maximum Gasteiger partial charge on any atom is 0.334 e. The standard InChI is InChI=1S/C11H13BrO3/c1-8(11(13)14-2)15-7-9-3-5-10(12)6-4-9/h3-6,8H,7H2,1-2H3. The Morgan fingerprint density at radius 2 is 2.00 bits per heavy atom. The van der Waals surface area contributed by atoms with Crippen molar-refractivity contribution in [1.29, 1.82) is 0 Å². The van der Waals surface area contributed by atoms with E-state index in [1.54, 1.807) is 6.92 Å². The molecule has 1 aromatic rings. The van der Waals surface area contributed by atoms with Gasteiger partial charge in [0.2, 0.25) is 0 Å². The van der Waals surface area contributed by atoms with Crippen LogP contribution in [0.1, 0.15) is 12.5 Å². The zero-order chi connectivity index (χ0) is 11.3. The Hall–Kier alpha value is -0.870. The van der Waals surface area contributed by atoms with Gasteiger partial charge in [0, 0.05) is 4.47 Å². The lowest BCUT2D eigenvalue weighted by Gasteiger charge is -2.10. The van der Waals surface area contributed by atoms with Crippen molar-refractivity contribution in [1.82, 2.24) is 0 Å². The van der Waals surface area contributed by atoms with Crippen molar-refractivity contribution in [2.75, 3.05) is 7.11 Å². The Labute approximate surface area is 97.5 Å². The van der Waals surface area contributed by atoms with E-state index in [1.165, 1.54) is 7.11 Å². The molecule has 0 saturated heterocycles. The maximum absolute atomic E-state index is 11.0. The zero-order valence-corrected chi connectivity index (χ0v) is 10.3. The minimum absolute atomic E-state index is 0.355. The number of benzene rings is 1. The summed E-state index contributed by atoms with van der Waals surface area (Å²) in [5.74, 6) is -0.355. The Bertz CT molecular complexity index is 321. The molecule has 4 heteroatoms. The quantitative estimate of drug-likeness (QED) is 0.791. The van der Waals surface area contributed by atoms with Gasteiger partial charge in [0.05, 0.1) is 13.7 Å².